The van der Waals surface area contributed by atoms with E-state index in [0.29, 0.717) is 12.0 Å². The van der Waals surface area contributed by atoms with Crippen LogP contribution < -0.4 is 5.32 Å². The maximum absolute atomic E-state index is 12.6. The second-order valence-electron chi connectivity index (χ2n) is 6.34. The molecule has 5 nitrogen and oxygen atoms in total. The van der Waals surface area contributed by atoms with Crippen LogP contribution in [0.2, 0.25) is 0 Å². The van der Waals surface area contributed by atoms with E-state index < -0.39 is 12.3 Å². The number of halogens is 2. The average molecular weight is 315 g/mol. The fourth-order valence-electron chi connectivity index (χ4n) is 2.59. The second-order valence-corrected chi connectivity index (χ2v) is 6.34. The first kappa shape index (κ1) is 16.9. The average Bonchev–Trinajstić information content (AvgIpc) is 3.05. The fourth-order valence-corrected chi connectivity index (χ4v) is 2.59. The van der Waals surface area contributed by atoms with Gasteiger partial charge < -0.3 is 9.84 Å². The van der Waals surface area contributed by atoms with Crippen molar-refractivity contribution < 1.29 is 18.1 Å². The molecule has 2 rings (SSSR count). The van der Waals surface area contributed by atoms with Gasteiger partial charge in [-0.25, -0.2) is 8.78 Å². The molecule has 0 bridgehead atoms. The first-order valence-electron chi connectivity index (χ1n) is 7.59. The minimum Gasteiger partial charge on any atom is -0.360 e. The van der Waals surface area contributed by atoms with Gasteiger partial charge in [-0.05, 0) is 26.7 Å². The summed E-state index contributed by atoms with van der Waals surface area (Å²) < 4.78 is 30.1. The molecule has 1 amide bonds. The van der Waals surface area contributed by atoms with Gasteiger partial charge in [0.15, 0.2) is 5.69 Å². The highest BCUT2D eigenvalue weighted by Crippen LogP contribution is 2.23. The van der Waals surface area contributed by atoms with Crippen molar-refractivity contribution in [3.05, 3.63) is 17.5 Å². The van der Waals surface area contributed by atoms with Crippen LogP contribution in [-0.4, -0.2) is 47.6 Å². The number of amides is 1. The minimum atomic E-state index is -2.54. The Morgan fingerprint density at radius 3 is 2.64 bits per heavy atom. The maximum Gasteiger partial charge on any atom is 0.273 e. The summed E-state index contributed by atoms with van der Waals surface area (Å²) in [4.78, 5) is 14.5. The smallest absolute Gasteiger partial charge is 0.273 e. The van der Waals surface area contributed by atoms with Crippen LogP contribution in [0.1, 0.15) is 49.9 Å². The zero-order valence-corrected chi connectivity index (χ0v) is 13.3. The molecule has 2 heterocycles. The van der Waals surface area contributed by atoms with E-state index in [0.717, 1.165) is 13.1 Å². The van der Waals surface area contributed by atoms with E-state index in [-0.39, 0.29) is 23.4 Å². The van der Waals surface area contributed by atoms with E-state index in [1.807, 2.05) is 0 Å². The van der Waals surface area contributed by atoms with Gasteiger partial charge in [-0.2, -0.15) is 0 Å². The first-order chi connectivity index (χ1) is 10.3. The minimum absolute atomic E-state index is 0.0302. The molecule has 1 aliphatic rings. The predicted octanol–water partition coefficient (Wildman–Crippen LogP) is 2.50. The second kappa shape index (κ2) is 6.73. The number of carbonyl (C=O) groups is 1. The lowest BCUT2D eigenvalue weighted by atomic mass is 10.1. The molecule has 0 aliphatic carbocycles. The molecule has 22 heavy (non-hydrogen) atoms. The molecular weight excluding hydrogens is 292 g/mol. The predicted molar refractivity (Wildman–Crippen MR) is 78.0 cm³/mol. The van der Waals surface area contributed by atoms with Crippen LogP contribution in [0.3, 0.4) is 0 Å². The first-order valence-corrected chi connectivity index (χ1v) is 7.59. The third-order valence-corrected chi connectivity index (χ3v) is 4.28. The number of alkyl halides is 2. The van der Waals surface area contributed by atoms with Crippen LogP contribution in [0.4, 0.5) is 8.78 Å². The highest BCUT2D eigenvalue weighted by Gasteiger charge is 2.32. The Morgan fingerprint density at radius 2 is 2.09 bits per heavy atom. The summed E-state index contributed by atoms with van der Waals surface area (Å²) in [6.07, 6.45) is -2.54. The Labute approximate surface area is 129 Å². The van der Waals surface area contributed by atoms with Gasteiger partial charge in [-0.3, -0.25) is 9.69 Å². The molecule has 0 saturated carbocycles. The SMILES string of the molecule is CC(c1cc(C(=O)N[C@H]2CN(C(C)C)C[C@H]2C)no1)C(F)F. The zero-order chi connectivity index (χ0) is 16.4. The van der Waals surface area contributed by atoms with Gasteiger partial charge in [-0.1, -0.05) is 12.1 Å². The number of hydrogen-bond acceptors (Lipinski definition) is 4. The summed E-state index contributed by atoms with van der Waals surface area (Å²) >= 11 is 0. The van der Waals surface area contributed by atoms with Gasteiger partial charge in [0.1, 0.15) is 5.76 Å². The lowest BCUT2D eigenvalue weighted by Crippen LogP contribution is -2.40. The standard InChI is InChI=1S/C15H23F2N3O2/c1-8(2)20-6-9(3)12(7-20)18-15(21)11-5-13(22-19-11)10(4)14(16)17/h5,8-10,12,14H,6-7H2,1-4H3,(H,18,21)/t9-,10?,12+/m1/s1. The zero-order valence-electron chi connectivity index (χ0n) is 13.3. The molecule has 0 aromatic carbocycles. The van der Waals surface area contributed by atoms with E-state index in [4.69, 9.17) is 4.52 Å². The van der Waals surface area contributed by atoms with Gasteiger partial charge >= 0.3 is 0 Å². The van der Waals surface area contributed by atoms with E-state index in [9.17, 15) is 13.6 Å². The molecular formula is C15H23F2N3O2. The maximum atomic E-state index is 12.6. The van der Waals surface area contributed by atoms with Crippen molar-refractivity contribution >= 4 is 5.91 Å². The summed E-state index contributed by atoms with van der Waals surface area (Å²) in [5.74, 6) is -1.09. The molecule has 124 valence electrons. The van der Waals surface area contributed by atoms with Crippen molar-refractivity contribution in [3.8, 4) is 0 Å². The highest BCUT2D eigenvalue weighted by atomic mass is 19.3. The number of nitrogens with zero attached hydrogens (tertiary/aromatic N) is 2. The summed E-state index contributed by atoms with van der Waals surface area (Å²) in [7, 11) is 0. The third-order valence-electron chi connectivity index (χ3n) is 4.28. The van der Waals surface area contributed by atoms with Crippen LogP contribution in [0.15, 0.2) is 10.6 Å². The van der Waals surface area contributed by atoms with Gasteiger partial charge in [0.25, 0.3) is 5.91 Å². The molecule has 1 saturated heterocycles. The highest BCUT2D eigenvalue weighted by molar-refractivity contribution is 5.92. The van der Waals surface area contributed by atoms with E-state index in [1.165, 1.54) is 13.0 Å². The molecule has 1 fully saturated rings. The molecule has 7 heteroatoms. The van der Waals surface area contributed by atoms with Gasteiger partial charge in [0.2, 0.25) is 6.43 Å². The fraction of sp³-hybridized carbons (Fsp3) is 0.733. The molecule has 1 aromatic rings. The van der Waals surface area contributed by atoms with E-state index >= 15 is 0 Å². The molecule has 1 unspecified atom stereocenters. The van der Waals surface area contributed by atoms with Crippen molar-refractivity contribution in [2.24, 2.45) is 5.92 Å². The van der Waals surface area contributed by atoms with Crippen LogP contribution in [0, 0.1) is 5.92 Å². The summed E-state index contributed by atoms with van der Waals surface area (Å²) in [6, 6.07) is 1.75. The van der Waals surface area contributed by atoms with Crippen LogP contribution in [0.25, 0.3) is 0 Å². The molecule has 3 atom stereocenters. The molecule has 1 aliphatic heterocycles. The Hall–Kier alpha value is -1.50. The molecule has 0 radical (unpaired) electrons. The Balaban J connectivity index is 1.98. The van der Waals surface area contributed by atoms with Crippen molar-refractivity contribution in [2.75, 3.05) is 13.1 Å². The monoisotopic (exact) mass is 315 g/mol. The Kier molecular flexibility index (Phi) is 5.16. The number of nitrogens with one attached hydrogen (secondary N) is 1. The van der Waals surface area contributed by atoms with Crippen molar-refractivity contribution in [1.29, 1.82) is 0 Å². The lowest BCUT2D eigenvalue weighted by Gasteiger charge is -2.20. The van der Waals surface area contributed by atoms with Gasteiger partial charge in [0.05, 0.1) is 5.92 Å². The van der Waals surface area contributed by atoms with Crippen LogP contribution in [0.5, 0.6) is 0 Å². The van der Waals surface area contributed by atoms with Crippen molar-refractivity contribution in [1.82, 2.24) is 15.4 Å². The number of aromatic nitrogens is 1. The number of rotatable bonds is 5. The normalized spacial score (nSPS) is 24.2. The van der Waals surface area contributed by atoms with E-state index in [1.54, 1.807) is 0 Å². The Morgan fingerprint density at radius 1 is 1.41 bits per heavy atom. The van der Waals surface area contributed by atoms with Crippen LogP contribution in [-0.2, 0) is 0 Å². The number of carbonyl (C=O) groups excluding carboxylic acids is 1. The van der Waals surface area contributed by atoms with Crippen molar-refractivity contribution in [2.45, 2.75) is 52.1 Å². The topological polar surface area (TPSA) is 58.4 Å². The summed E-state index contributed by atoms with van der Waals surface area (Å²) in [5.41, 5.74) is 0.0534. The number of likely N-dealkylation sites (tertiary alicyclic amines) is 1. The van der Waals surface area contributed by atoms with Gasteiger partial charge in [-0.15, -0.1) is 0 Å². The van der Waals surface area contributed by atoms with E-state index in [2.05, 4.69) is 36.1 Å². The summed E-state index contributed by atoms with van der Waals surface area (Å²) in [5, 5.41) is 6.53. The largest absolute Gasteiger partial charge is 0.360 e. The van der Waals surface area contributed by atoms with Crippen molar-refractivity contribution in [3.63, 3.8) is 0 Å². The Bertz CT molecular complexity index is 519. The number of hydrogen-bond donors (Lipinski definition) is 1. The third kappa shape index (κ3) is 3.63. The van der Waals surface area contributed by atoms with Crippen LogP contribution >= 0.6 is 0 Å². The molecule has 0 spiro atoms. The molecule has 1 aromatic heterocycles. The van der Waals surface area contributed by atoms with Gasteiger partial charge in [0, 0.05) is 31.2 Å². The quantitative estimate of drug-likeness (QED) is 0.907. The molecule has 1 N–H and O–H groups in total. The lowest BCUT2D eigenvalue weighted by molar-refractivity contribution is 0.0920. The summed E-state index contributed by atoms with van der Waals surface area (Å²) in [6.45, 7) is 9.36.